The summed E-state index contributed by atoms with van der Waals surface area (Å²) in [5.41, 5.74) is -1.10. The zero-order valence-corrected chi connectivity index (χ0v) is 18.1. The highest BCUT2D eigenvalue weighted by atomic mass is 19.1. The Morgan fingerprint density at radius 3 is 2.64 bits per heavy atom. The lowest BCUT2D eigenvalue weighted by Gasteiger charge is -2.49. The van der Waals surface area contributed by atoms with Gasteiger partial charge in [0, 0.05) is 31.8 Å². The van der Waals surface area contributed by atoms with Gasteiger partial charge in [0.15, 0.2) is 17.2 Å². The fourth-order valence-corrected chi connectivity index (χ4v) is 4.82. The van der Waals surface area contributed by atoms with Gasteiger partial charge in [-0.05, 0) is 56.1 Å². The number of fused-ring (bicyclic) bond motifs is 3. The maximum Gasteiger partial charge on any atom is 0.278 e. The molecule has 3 heterocycles. The first-order chi connectivity index (χ1) is 15.8. The Hall–Kier alpha value is -3.23. The summed E-state index contributed by atoms with van der Waals surface area (Å²) in [5.74, 6) is -2.72. The molecule has 0 bridgehead atoms. The predicted octanol–water partition coefficient (Wildman–Crippen LogP) is 2.96. The number of piperidine rings is 1. The number of Topliss-reactive ketones (excluding diaryl/α,β-unsaturated/α-hetero) is 1. The average Bonchev–Trinajstić information content (AvgIpc) is 3.62. The molecule has 174 valence electrons. The Balaban J connectivity index is 1.47. The fraction of sp³-hybridized carbons (Fsp3) is 0.458. The molecule has 33 heavy (non-hydrogen) atoms. The largest absolute Gasteiger partial charge is 0.502 e. The first kappa shape index (κ1) is 21.6. The van der Waals surface area contributed by atoms with E-state index in [2.05, 4.69) is 0 Å². The quantitative estimate of drug-likeness (QED) is 0.675. The first-order valence-electron chi connectivity index (χ1n) is 11.4. The summed E-state index contributed by atoms with van der Waals surface area (Å²) >= 11 is 0. The van der Waals surface area contributed by atoms with Crippen LogP contribution >= 0.6 is 0 Å². The number of hydrogen-bond donors (Lipinski definition) is 1. The van der Waals surface area contributed by atoms with Crippen LogP contribution in [0.25, 0.3) is 0 Å². The Bertz CT molecular complexity index is 1190. The molecule has 0 radical (unpaired) electrons. The van der Waals surface area contributed by atoms with Crippen LogP contribution in [0.15, 0.2) is 29.2 Å². The smallest absolute Gasteiger partial charge is 0.278 e. The van der Waals surface area contributed by atoms with E-state index in [1.165, 1.54) is 16.9 Å². The van der Waals surface area contributed by atoms with E-state index in [-0.39, 0.29) is 35.8 Å². The van der Waals surface area contributed by atoms with Gasteiger partial charge in [-0.25, -0.2) is 8.78 Å². The Kier molecular flexibility index (Phi) is 5.42. The Morgan fingerprint density at radius 2 is 1.91 bits per heavy atom. The third kappa shape index (κ3) is 3.89. The molecule has 2 aromatic rings. The van der Waals surface area contributed by atoms with E-state index >= 15 is 0 Å². The minimum Gasteiger partial charge on any atom is -0.502 e. The molecule has 5 rings (SSSR count). The van der Waals surface area contributed by atoms with Crippen molar-refractivity contribution in [2.24, 2.45) is 5.92 Å². The lowest BCUT2D eigenvalue weighted by atomic mass is 10.0. The summed E-state index contributed by atoms with van der Waals surface area (Å²) in [6.07, 6.45) is 5.71. The van der Waals surface area contributed by atoms with Crippen LogP contribution in [0, 0.1) is 17.6 Å². The molecular formula is C24H25F2N3O4. The van der Waals surface area contributed by atoms with Gasteiger partial charge in [0.2, 0.25) is 5.43 Å². The van der Waals surface area contributed by atoms with Gasteiger partial charge >= 0.3 is 0 Å². The fourth-order valence-electron chi connectivity index (χ4n) is 4.82. The molecule has 0 unspecified atom stereocenters. The van der Waals surface area contributed by atoms with Gasteiger partial charge in [-0.2, -0.15) is 0 Å². The maximum absolute atomic E-state index is 13.9. The molecule has 1 atom stereocenters. The topological polar surface area (TPSA) is 82.8 Å². The highest BCUT2D eigenvalue weighted by molar-refractivity contribution is 6.00. The number of aromatic nitrogens is 1. The second kappa shape index (κ2) is 8.28. The highest BCUT2D eigenvalue weighted by Gasteiger charge is 2.43. The molecule has 0 spiro atoms. The standard InChI is InChI=1S/C24H25F2N3O4/c25-16-8-6-15(18(26)11-16)7-9-19(30)17-13-29-21(23(32)22(17)31)24(33)27(12-14-4-5-14)20-3-1-2-10-28(20)29/h6,8,11,13-14,20,32H,1-5,7,9-10,12H2/t20-/m0/s1. The minimum absolute atomic E-state index is 0.0205. The summed E-state index contributed by atoms with van der Waals surface area (Å²) in [7, 11) is 0. The van der Waals surface area contributed by atoms with Crippen molar-refractivity contribution in [1.29, 1.82) is 0 Å². The number of nitrogens with zero attached hydrogens (tertiary/aromatic N) is 3. The number of aromatic hydroxyl groups is 1. The van der Waals surface area contributed by atoms with E-state index < -0.39 is 34.5 Å². The third-order valence-corrected chi connectivity index (χ3v) is 6.80. The van der Waals surface area contributed by atoms with Gasteiger partial charge in [-0.1, -0.05) is 6.07 Å². The summed E-state index contributed by atoms with van der Waals surface area (Å²) < 4.78 is 28.5. The second-order valence-electron chi connectivity index (χ2n) is 9.11. The second-order valence-corrected chi connectivity index (χ2v) is 9.11. The zero-order valence-electron chi connectivity index (χ0n) is 18.1. The molecule has 1 aromatic heterocycles. The van der Waals surface area contributed by atoms with Crippen LogP contribution in [-0.2, 0) is 6.42 Å². The molecule has 9 heteroatoms. The third-order valence-electron chi connectivity index (χ3n) is 6.80. The molecule has 1 N–H and O–H groups in total. The van der Waals surface area contributed by atoms with E-state index in [1.54, 1.807) is 4.90 Å². The van der Waals surface area contributed by atoms with Crippen molar-refractivity contribution in [2.75, 3.05) is 18.1 Å². The number of carbonyl (C=O) groups excluding carboxylic acids is 2. The monoisotopic (exact) mass is 457 g/mol. The van der Waals surface area contributed by atoms with Gasteiger partial charge in [-0.3, -0.25) is 24.1 Å². The SMILES string of the molecule is O=C(CCc1ccc(F)cc1F)c1cn2c(c(O)c1=O)C(=O)N(CC1CC1)[C@@H]1CCCCN12. The molecular weight excluding hydrogens is 432 g/mol. The minimum atomic E-state index is -0.902. The molecule has 7 nitrogen and oxygen atoms in total. The number of rotatable bonds is 6. The number of aryl methyl sites for hydroxylation is 1. The molecule has 1 amide bonds. The maximum atomic E-state index is 13.9. The van der Waals surface area contributed by atoms with E-state index in [9.17, 15) is 28.3 Å². The summed E-state index contributed by atoms with van der Waals surface area (Å²) in [6, 6.07) is 3.12. The van der Waals surface area contributed by atoms with Crippen molar-refractivity contribution in [2.45, 2.75) is 51.1 Å². The van der Waals surface area contributed by atoms with Gasteiger partial charge in [0.1, 0.15) is 17.8 Å². The van der Waals surface area contributed by atoms with Crippen LogP contribution in [0.5, 0.6) is 5.75 Å². The molecule has 1 saturated heterocycles. The number of amides is 1. The van der Waals surface area contributed by atoms with Crippen LogP contribution in [0.2, 0.25) is 0 Å². The van der Waals surface area contributed by atoms with Crippen molar-refractivity contribution in [3.8, 4) is 5.75 Å². The van der Waals surface area contributed by atoms with Crippen LogP contribution in [-0.4, -0.2) is 45.6 Å². The number of hydrogen-bond acceptors (Lipinski definition) is 5. The van der Waals surface area contributed by atoms with Crippen molar-refractivity contribution in [1.82, 2.24) is 9.58 Å². The molecule has 1 saturated carbocycles. The van der Waals surface area contributed by atoms with Crippen molar-refractivity contribution < 1.29 is 23.5 Å². The van der Waals surface area contributed by atoms with E-state index in [4.69, 9.17) is 0 Å². The highest BCUT2D eigenvalue weighted by Crippen LogP contribution is 2.35. The van der Waals surface area contributed by atoms with E-state index in [0.29, 0.717) is 19.0 Å². The molecule has 3 aliphatic rings. The van der Waals surface area contributed by atoms with E-state index in [0.717, 1.165) is 44.2 Å². The van der Waals surface area contributed by atoms with Gasteiger partial charge in [0.05, 0.1) is 5.56 Å². The Labute approximate surface area is 189 Å². The number of halogens is 2. The van der Waals surface area contributed by atoms with Crippen LogP contribution in [0.3, 0.4) is 0 Å². The van der Waals surface area contributed by atoms with Crippen LogP contribution in [0.1, 0.15) is 64.9 Å². The number of carbonyl (C=O) groups is 2. The lowest BCUT2D eigenvalue weighted by Crippen LogP contribution is -2.63. The molecule has 2 fully saturated rings. The van der Waals surface area contributed by atoms with Gasteiger partial charge < -0.3 is 10.0 Å². The summed E-state index contributed by atoms with van der Waals surface area (Å²) in [5, 5.41) is 12.6. The zero-order chi connectivity index (χ0) is 23.3. The molecule has 2 aliphatic heterocycles. The molecule has 1 aliphatic carbocycles. The lowest BCUT2D eigenvalue weighted by molar-refractivity contribution is 0.0505. The van der Waals surface area contributed by atoms with Crippen molar-refractivity contribution in [3.63, 3.8) is 0 Å². The number of pyridine rings is 1. The average molecular weight is 457 g/mol. The summed E-state index contributed by atoms with van der Waals surface area (Å²) in [6.45, 7) is 1.22. The predicted molar refractivity (Wildman–Crippen MR) is 116 cm³/mol. The summed E-state index contributed by atoms with van der Waals surface area (Å²) in [4.78, 5) is 40.8. The van der Waals surface area contributed by atoms with E-state index in [1.807, 2.05) is 5.01 Å². The Morgan fingerprint density at radius 1 is 1.12 bits per heavy atom. The number of ketones is 1. The first-order valence-corrected chi connectivity index (χ1v) is 11.4. The van der Waals surface area contributed by atoms with Crippen molar-refractivity contribution in [3.05, 3.63) is 63.1 Å². The van der Waals surface area contributed by atoms with Gasteiger partial charge in [-0.15, -0.1) is 0 Å². The normalized spacial score (nSPS) is 19.9. The van der Waals surface area contributed by atoms with Gasteiger partial charge in [0.25, 0.3) is 5.91 Å². The number of benzene rings is 1. The van der Waals surface area contributed by atoms with Crippen LogP contribution < -0.4 is 10.4 Å². The molecule has 1 aromatic carbocycles. The van der Waals surface area contributed by atoms with Crippen molar-refractivity contribution >= 4 is 11.7 Å². The van der Waals surface area contributed by atoms with Crippen LogP contribution in [0.4, 0.5) is 8.78 Å².